The predicted molar refractivity (Wildman–Crippen MR) is 243 cm³/mol. The lowest BCUT2D eigenvalue weighted by Gasteiger charge is -2.13. The lowest BCUT2D eigenvalue weighted by Crippen LogP contribution is -1.95. The second kappa shape index (κ2) is 11.9. The highest BCUT2D eigenvalue weighted by atomic mass is 15.0. The van der Waals surface area contributed by atoms with E-state index in [9.17, 15) is 0 Å². The molecule has 13 rings (SSSR count). The molecular weight excluding hydrogens is 703 g/mol. The molecule has 0 saturated carbocycles. The highest BCUT2D eigenvalue weighted by Crippen LogP contribution is 2.47. The Bertz CT molecular complexity index is 3680. The summed E-state index contributed by atoms with van der Waals surface area (Å²) >= 11 is 0. The van der Waals surface area contributed by atoms with Crippen LogP contribution >= 0.6 is 0 Å². The second-order valence-corrected chi connectivity index (χ2v) is 15.5. The Morgan fingerprint density at radius 1 is 0.310 bits per heavy atom. The van der Waals surface area contributed by atoms with E-state index in [1.165, 1.54) is 93.0 Å². The lowest BCUT2D eigenvalue weighted by molar-refractivity contribution is 1.18. The molecule has 0 atom stereocenters. The maximum absolute atomic E-state index is 5.35. The second-order valence-electron chi connectivity index (χ2n) is 15.5. The fourth-order valence-electron chi connectivity index (χ4n) is 9.95. The predicted octanol–water partition coefficient (Wildman–Crippen LogP) is 14.6. The Balaban J connectivity index is 1.01. The van der Waals surface area contributed by atoms with Crippen molar-refractivity contribution in [1.29, 1.82) is 0 Å². The third-order valence-electron chi connectivity index (χ3n) is 12.4. The molecule has 0 radical (unpaired) electrons. The number of fused-ring (bicyclic) bond motifs is 11. The number of hydrogen-bond acceptors (Lipinski definition) is 1. The number of para-hydroxylation sites is 3. The van der Waals surface area contributed by atoms with Gasteiger partial charge in [0.25, 0.3) is 0 Å². The van der Waals surface area contributed by atoms with E-state index in [0.29, 0.717) is 0 Å². The number of pyridine rings is 1. The molecule has 9 aromatic carbocycles. The van der Waals surface area contributed by atoms with Gasteiger partial charge in [-0.3, -0.25) is 0 Å². The smallest absolute Gasteiger partial charge is 0.0800 e. The fourth-order valence-corrected chi connectivity index (χ4v) is 9.95. The molecule has 1 aliphatic carbocycles. The van der Waals surface area contributed by atoms with E-state index in [0.717, 1.165) is 28.3 Å². The molecule has 0 amide bonds. The van der Waals surface area contributed by atoms with Crippen LogP contribution in [0, 0.1) is 0 Å². The number of aromatic nitrogens is 3. The van der Waals surface area contributed by atoms with Gasteiger partial charge in [-0.2, -0.15) is 0 Å². The van der Waals surface area contributed by atoms with Crippen molar-refractivity contribution < 1.29 is 0 Å². The van der Waals surface area contributed by atoms with Crippen molar-refractivity contribution in [3.63, 3.8) is 0 Å². The van der Waals surface area contributed by atoms with Gasteiger partial charge in [-0.05, 0) is 99.1 Å². The van der Waals surface area contributed by atoms with Crippen LogP contribution in [0.25, 0.3) is 121 Å². The van der Waals surface area contributed by atoms with E-state index >= 15 is 0 Å². The molecule has 3 aromatic heterocycles. The minimum absolute atomic E-state index is 0.983. The molecular formula is C55H33N3. The van der Waals surface area contributed by atoms with Crippen molar-refractivity contribution in [2.24, 2.45) is 0 Å². The van der Waals surface area contributed by atoms with Gasteiger partial charge in [-0.15, -0.1) is 0 Å². The molecule has 0 aliphatic heterocycles. The van der Waals surface area contributed by atoms with Gasteiger partial charge in [0.2, 0.25) is 0 Å². The van der Waals surface area contributed by atoms with E-state index in [4.69, 9.17) is 4.98 Å². The Hall–Kier alpha value is -7.75. The van der Waals surface area contributed by atoms with Crippen molar-refractivity contribution >= 4 is 65.2 Å². The van der Waals surface area contributed by atoms with E-state index in [2.05, 4.69) is 209 Å². The Kier molecular flexibility index (Phi) is 6.44. The number of nitrogens with zero attached hydrogens (tertiary/aromatic N) is 3. The topological polar surface area (TPSA) is 22.8 Å². The molecule has 0 saturated heterocycles. The van der Waals surface area contributed by atoms with Crippen molar-refractivity contribution in [3.05, 3.63) is 200 Å². The molecule has 0 fully saturated rings. The van der Waals surface area contributed by atoms with Crippen LogP contribution in [0.2, 0.25) is 0 Å². The van der Waals surface area contributed by atoms with Crippen molar-refractivity contribution in [1.82, 2.24) is 14.1 Å². The van der Waals surface area contributed by atoms with Crippen LogP contribution in [-0.4, -0.2) is 14.1 Å². The molecule has 58 heavy (non-hydrogen) atoms. The summed E-state index contributed by atoms with van der Waals surface area (Å²) in [5.41, 5.74) is 16.4. The first-order chi connectivity index (χ1) is 28.8. The fraction of sp³-hybridized carbons (Fsp3) is 0. The molecule has 0 N–H and O–H groups in total. The van der Waals surface area contributed by atoms with Crippen LogP contribution in [0.1, 0.15) is 0 Å². The SMILES string of the molecule is c1ccc(-n2c3ccccc3c3c4ccccc4c(-c4ccc5c(c4)c4ccccc4n5-c4cccc(-c5cc6cccc7c6c(n5)-c5ccccc5-7)c4)cc32)cc1. The summed E-state index contributed by atoms with van der Waals surface area (Å²) in [6.07, 6.45) is 0. The Labute approximate surface area is 334 Å². The van der Waals surface area contributed by atoms with Crippen LogP contribution in [-0.2, 0) is 0 Å². The minimum Gasteiger partial charge on any atom is -0.309 e. The number of rotatable bonds is 4. The summed E-state index contributed by atoms with van der Waals surface area (Å²) in [6, 6.07) is 73.1. The van der Waals surface area contributed by atoms with E-state index in [1.807, 2.05) is 0 Å². The van der Waals surface area contributed by atoms with Gasteiger partial charge in [-0.25, -0.2) is 4.98 Å². The summed E-state index contributed by atoms with van der Waals surface area (Å²) in [6.45, 7) is 0. The molecule has 3 heterocycles. The molecule has 12 aromatic rings. The Morgan fingerprint density at radius 2 is 0.948 bits per heavy atom. The van der Waals surface area contributed by atoms with E-state index in [1.54, 1.807) is 0 Å². The van der Waals surface area contributed by atoms with Gasteiger partial charge in [0, 0.05) is 49.4 Å². The summed E-state index contributed by atoms with van der Waals surface area (Å²) < 4.78 is 4.84. The number of benzene rings is 9. The van der Waals surface area contributed by atoms with Crippen LogP contribution in [0.15, 0.2) is 200 Å². The quantitative estimate of drug-likeness (QED) is 0.176. The summed E-state index contributed by atoms with van der Waals surface area (Å²) in [5.74, 6) is 0. The highest BCUT2D eigenvalue weighted by molar-refractivity contribution is 6.24. The van der Waals surface area contributed by atoms with Crippen LogP contribution < -0.4 is 0 Å². The molecule has 0 bridgehead atoms. The van der Waals surface area contributed by atoms with Crippen molar-refractivity contribution in [2.75, 3.05) is 0 Å². The third kappa shape index (κ3) is 4.36. The van der Waals surface area contributed by atoms with E-state index in [-0.39, 0.29) is 0 Å². The maximum Gasteiger partial charge on any atom is 0.0800 e. The molecule has 3 nitrogen and oxygen atoms in total. The average Bonchev–Trinajstić information content (AvgIpc) is 3.93. The van der Waals surface area contributed by atoms with Gasteiger partial charge in [-0.1, -0.05) is 140 Å². The zero-order valence-electron chi connectivity index (χ0n) is 31.4. The first-order valence-corrected chi connectivity index (χ1v) is 20.0. The average molecular weight is 736 g/mol. The summed E-state index contributed by atoms with van der Waals surface area (Å²) in [5, 5.41) is 10.00. The molecule has 268 valence electrons. The van der Waals surface area contributed by atoms with Crippen molar-refractivity contribution in [3.8, 4) is 56.1 Å². The molecule has 0 unspecified atom stereocenters. The van der Waals surface area contributed by atoms with E-state index < -0.39 is 0 Å². The monoisotopic (exact) mass is 735 g/mol. The molecule has 1 aliphatic rings. The summed E-state index contributed by atoms with van der Waals surface area (Å²) in [7, 11) is 0. The van der Waals surface area contributed by atoms with Crippen LogP contribution in [0.4, 0.5) is 0 Å². The number of hydrogen-bond donors (Lipinski definition) is 0. The van der Waals surface area contributed by atoms with Gasteiger partial charge >= 0.3 is 0 Å². The largest absolute Gasteiger partial charge is 0.309 e. The standard InChI is InChI=1S/C55H33N3/c1-2-16-37(17-3-1)57-50-27-11-9-24-45(50)54-43-22-6-4-20-40(43)46(33-52(54)57)34-28-29-51-47(31-34)41-21-8-10-26-49(41)58(51)38-18-12-14-35(30-38)48-32-36-15-13-25-42-39-19-5-7-23-44(39)55(56-48)53(36)42/h1-33H. The van der Waals surface area contributed by atoms with Gasteiger partial charge < -0.3 is 9.13 Å². The van der Waals surface area contributed by atoms with Crippen LogP contribution in [0.5, 0.6) is 0 Å². The van der Waals surface area contributed by atoms with Crippen molar-refractivity contribution in [2.45, 2.75) is 0 Å². The first kappa shape index (κ1) is 31.5. The molecule has 0 spiro atoms. The van der Waals surface area contributed by atoms with Crippen LogP contribution in [0.3, 0.4) is 0 Å². The third-order valence-corrected chi connectivity index (χ3v) is 12.4. The van der Waals surface area contributed by atoms with Gasteiger partial charge in [0.15, 0.2) is 0 Å². The zero-order chi connectivity index (χ0) is 37.9. The normalized spacial score (nSPS) is 12.1. The zero-order valence-corrected chi connectivity index (χ0v) is 31.4. The molecule has 3 heteroatoms. The minimum atomic E-state index is 0.983. The Morgan fingerprint density at radius 3 is 1.81 bits per heavy atom. The summed E-state index contributed by atoms with van der Waals surface area (Å²) in [4.78, 5) is 5.35. The lowest BCUT2D eigenvalue weighted by atomic mass is 9.94. The van der Waals surface area contributed by atoms with Gasteiger partial charge in [0.1, 0.15) is 0 Å². The van der Waals surface area contributed by atoms with Gasteiger partial charge in [0.05, 0.1) is 33.5 Å². The highest BCUT2D eigenvalue weighted by Gasteiger charge is 2.24. The first-order valence-electron chi connectivity index (χ1n) is 20.0. The maximum atomic E-state index is 5.35.